The van der Waals surface area contributed by atoms with Gasteiger partial charge in [0.2, 0.25) is 5.91 Å². The summed E-state index contributed by atoms with van der Waals surface area (Å²) in [6.07, 6.45) is 0.301. The van der Waals surface area contributed by atoms with Gasteiger partial charge in [-0.15, -0.1) is 11.3 Å². The van der Waals surface area contributed by atoms with Gasteiger partial charge in [-0.25, -0.2) is 9.78 Å². The number of benzene rings is 1. The maximum Gasteiger partial charge on any atom is 0.337 e. The van der Waals surface area contributed by atoms with E-state index in [9.17, 15) is 19.5 Å². The van der Waals surface area contributed by atoms with E-state index in [0.29, 0.717) is 34.4 Å². The number of nitrogens with zero attached hydrogens (tertiary/aromatic N) is 2. The molecule has 0 saturated heterocycles. The Labute approximate surface area is 174 Å². The average molecular weight is 436 g/mol. The molecule has 2 heterocycles. The second kappa shape index (κ2) is 8.73. The molecule has 1 amide bonds. The molecular formula is C19H18ClN3O5S. The molecule has 0 bridgehead atoms. The number of aryl methyl sites for hydroxylation is 1. The molecule has 152 valence electrons. The standard InChI is InChI=1S/C19H18ClN3O5S/c1-10-7-11(20)3-4-13(10)21-15(24)8-23-14(5-6-28-2)22-17-16(18(23)25)12(9-29-17)19(26)27/h3-4,7,9H,5-6,8H2,1-2H3,(H,21,24)(H,26,27). The molecular weight excluding hydrogens is 418 g/mol. The van der Waals surface area contributed by atoms with E-state index in [1.54, 1.807) is 25.1 Å². The molecule has 3 aromatic rings. The Kier molecular flexibility index (Phi) is 6.31. The molecule has 3 rings (SSSR count). The van der Waals surface area contributed by atoms with Gasteiger partial charge in [-0.3, -0.25) is 14.2 Å². The zero-order valence-electron chi connectivity index (χ0n) is 15.7. The van der Waals surface area contributed by atoms with Gasteiger partial charge in [-0.05, 0) is 30.7 Å². The third-order valence-electron chi connectivity index (χ3n) is 4.30. The molecule has 0 atom stereocenters. The monoisotopic (exact) mass is 435 g/mol. The normalized spacial score (nSPS) is 11.0. The first-order valence-electron chi connectivity index (χ1n) is 8.61. The topological polar surface area (TPSA) is 111 Å². The van der Waals surface area contributed by atoms with Crippen molar-refractivity contribution in [2.75, 3.05) is 19.0 Å². The van der Waals surface area contributed by atoms with Gasteiger partial charge in [0.25, 0.3) is 5.56 Å². The highest BCUT2D eigenvalue weighted by atomic mass is 35.5. The number of carboxylic acid groups (broad SMARTS) is 1. The van der Waals surface area contributed by atoms with Gasteiger partial charge in [0, 0.05) is 29.6 Å². The van der Waals surface area contributed by atoms with Gasteiger partial charge in [0.05, 0.1) is 17.6 Å². The summed E-state index contributed by atoms with van der Waals surface area (Å²) in [7, 11) is 1.52. The summed E-state index contributed by atoms with van der Waals surface area (Å²) in [4.78, 5) is 41.8. The quantitative estimate of drug-likeness (QED) is 0.590. The summed E-state index contributed by atoms with van der Waals surface area (Å²) < 4.78 is 6.26. The number of fused-ring (bicyclic) bond motifs is 1. The lowest BCUT2D eigenvalue weighted by atomic mass is 10.2. The number of hydrogen-bond donors (Lipinski definition) is 2. The van der Waals surface area contributed by atoms with Crippen molar-refractivity contribution in [2.45, 2.75) is 19.9 Å². The second-order valence-electron chi connectivity index (χ2n) is 6.30. The van der Waals surface area contributed by atoms with Crippen LogP contribution in [0.3, 0.4) is 0 Å². The highest BCUT2D eigenvalue weighted by Crippen LogP contribution is 2.22. The number of methoxy groups -OCH3 is 1. The maximum atomic E-state index is 13.0. The Morgan fingerprint density at radius 3 is 2.79 bits per heavy atom. The van der Waals surface area contributed by atoms with Crippen molar-refractivity contribution in [2.24, 2.45) is 0 Å². The van der Waals surface area contributed by atoms with Gasteiger partial charge < -0.3 is 15.2 Å². The number of nitrogens with one attached hydrogen (secondary N) is 1. The van der Waals surface area contributed by atoms with E-state index in [-0.39, 0.29) is 17.5 Å². The van der Waals surface area contributed by atoms with Gasteiger partial charge in [-0.2, -0.15) is 0 Å². The van der Waals surface area contributed by atoms with E-state index in [1.165, 1.54) is 17.1 Å². The fourth-order valence-corrected chi connectivity index (χ4v) is 4.02. The minimum Gasteiger partial charge on any atom is -0.478 e. The molecule has 0 saturated carbocycles. The number of amides is 1. The molecule has 0 unspecified atom stereocenters. The van der Waals surface area contributed by atoms with Crippen molar-refractivity contribution in [1.82, 2.24) is 9.55 Å². The number of hydrogen-bond acceptors (Lipinski definition) is 6. The molecule has 0 fully saturated rings. The molecule has 0 radical (unpaired) electrons. The van der Waals surface area contributed by atoms with Crippen LogP contribution in [0.15, 0.2) is 28.4 Å². The zero-order valence-corrected chi connectivity index (χ0v) is 17.3. The van der Waals surface area contributed by atoms with Crippen LogP contribution in [0.25, 0.3) is 10.2 Å². The molecule has 0 aliphatic carbocycles. The smallest absolute Gasteiger partial charge is 0.337 e. The van der Waals surface area contributed by atoms with Crippen molar-refractivity contribution in [3.63, 3.8) is 0 Å². The minimum absolute atomic E-state index is 0.000796. The Morgan fingerprint density at radius 2 is 2.14 bits per heavy atom. The predicted octanol–water partition coefficient (Wildman–Crippen LogP) is 2.95. The number of carbonyl (C=O) groups is 2. The lowest BCUT2D eigenvalue weighted by Gasteiger charge is -2.13. The van der Waals surface area contributed by atoms with Gasteiger partial charge in [0.1, 0.15) is 17.2 Å². The van der Waals surface area contributed by atoms with E-state index in [2.05, 4.69) is 10.3 Å². The highest BCUT2D eigenvalue weighted by Gasteiger charge is 2.21. The SMILES string of the molecule is COCCc1nc2scc(C(=O)O)c2c(=O)n1CC(=O)Nc1ccc(Cl)cc1C. The van der Waals surface area contributed by atoms with E-state index < -0.39 is 17.4 Å². The van der Waals surface area contributed by atoms with Crippen molar-refractivity contribution in [3.05, 3.63) is 55.9 Å². The van der Waals surface area contributed by atoms with Crippen LogP contribution in [-0.2, 0) is 22.5 Å². The Morgan fingerprint density at radius 1 is 1.38 bits per heavy atom. The molecule has 2 aromatic heterocycles. The van der Waals surface area contributed by atoms with Crippen LogP contribution in [0.1, 0.15) is 21.7 Å². The first-order valence-corrected chi connectivity index (χ1v) is 9.86. The number of thiophene rings is 1. The third kappa shape index (κ3) is 4.47. The summed E-state index contributed by atoms with van der Waals surface area (Å²) >= 11 is 7.01. The molecule has 0 aliphatic heterocycles. The first kappa shape index (κ1) is 21.0. The second-order valence-corrected chi connectivity index (χ2v) is 7.60. The fourth-order valence-electron chi connectivity index (χ4n) is 2.87. The van der Waals surface area contributed by atoms with Crippen LogP contribution in [-0.4, -0.2) is 40.3 Å². The molecule has 0 aliphatic rings. The number of halogens is 1. The lowest BCUT2D eigenvalue weighted by Crippen LogP contribution is -2.32. The molecule has 29 heavy (non-hydrogen) atoms. The van der Waals surface area contributed by atoms with Crippen molar-refractivity contribution < 1.29 is 19.4 Å². The fraction of sp³-hybridized carbons (Fsp3) is 0.263. The van der Waals surface area contributed by atoms with Gasteiger partial charge >= 0.3 is 5.97 Å². The molecule has 8 nitrogen and oxygen atoms in total. The van der Waals surface area contributed by atoms with Crippen LogP contribution in [0, 0.1) is 6.92 Å². The maximum absolute atomic E-state index is 13.0. The Bertz CT molecular complexity index is 1150. The Balaban J connectivity index is 2.00. The van der Waals surface area contributed by atoms with Crippen LogP contribution in [0.2, 0.25) is 5.02 Å². The van der Waals surface area contributed by atoms with E-state index >= 15 is 0 Å². The van der Waals surface area contributed by atoms with Crippen molar-refractivity contribution >= 4 is 50.7 Å². The number of anilines is 1. The van der Waals surface area contributed by atoms with E-state index in [1.807, 2.05) is 0 Å². The first-order chi connectivity index (χ1) is 13.8. The van der Waals surface area contributed by atoms with Crippen LogP contribution in [0.4, 0.5) is 5.69 Å². The summed E-state index contributed by atoms with van der Waals surface area (Å²) in [5, 5.41) is 14.0. The number of aromatic nitrogens is 2. The predicted molar refractivity (Wildman–Crippen MR) is 111 cm³/mol. The number of aromatic carboxylic acids is 1. The lowest BCUT2D eigenvalue weighted by molar-refractivity contribution is -0.116. The molecule has 10 heteroatoms. The highest BCUT2D eigenvalue weighted by molar-refractivity contribution is 7.17. The van der Waals surface area contributed by atoms with Crippen molar-refractivity contribution in [1.29, 1.82) is 0 Å². The van der Waals surface area contributed by atoms with E-state index in [4.69, 9.17) is 16.3 Å². The summed E-state index contributed by atoms with van der Waals surface area (Å²) in [5.74, 6) is -1.30. The molecule has 1 aromatic carbocycles. The Hall–Kier alpha value is -2.75. The van der Waals surface area contributed by atoms with E-state index in [0.717, 1.165) is 16.9 Å². The summed E-state index contributed by atoms with van der Waals surface area (Å²) in [5.41, 5.74) is 0.658. The van der Waals surface area contributed by atoms with Gasteiger partial charge in [-0.1, -0.05) is 11.6 Å². The van der Waals surface area contributed by atoms with Crippen LogP contribution in [0.5, 0.6) is 0 Å². The van der Waals surface area contributed by atoms with Crippen LogP contribution >= 0.6 is 22.9 Å². The number of carbonyl (C=O) groups excluding carboxylic acids is 1. The number of carboxylic acids is 1. The number of ether oxygens (including phenoxy) is 1. The third-order valence-corrected chi connectivity index (χ3v) is 5.40. The van der Waals surface area contributed by atoms with Gasteiger partial charge in [0.15, 0.2) is 0 Å². The van der Waals surface area contributed by atoms with Crippen LogP contribution < -0.4 is 10.9 Å². The largest absolute Gasteiger partial charge is 0.478 e. The zero-order chi connectivity index (χ0) is 21.1. The summed E-state index contributed by atoms with van der Waals surface area (Å²) in [6.45, 7) is 1.79. The average Bonchev–Trinajstić information content (AvgIpc) is 3.09. The number of rotatable bonds is 7. The molecule has 2 N–H and O–H groups in total. The van der Waals surface area contributed by atoms with Crippen molar-refractivity contribution in [3.8, 4) is 0 Å². The molecule has 0 spiro atoms. The minimum atomic E-state index is -1.22. The summed E-state index contributed by atoms with van der Waals surface area (Å²) in [6, 6.07) is 5.04.